The summed E-state index contributed by atoms with van der Waals surface area (Å²) in [5, 5.41) is 0. The third-order valence-corrected chi connectivity index (χ3v) is 7.31. The molecule has 0 bridgehead atoms. The fourth-order valence-electron chi connectivity index (χ4n) is 2.84. The molecule has 0 N–H and O–H groups in total. The molecule has 0 aromatic carbocycles. The van der Waals surface area contributed by atoms with Gasteiger partial charge in [0.25, 0.3) is 0 Å². The van der Waals surface area contributed by atoms with E-state index < -0.39 is 0 Å². The van der Waals surface area contributed by atoms with Gasteiger partial charge in [-0.25, -0.2) is 4.79 Å². The molecule has 4 nitrogen and oxygen atoms in total. The molecule has 1 aliphatic heterocycles. The monoisotopic (exact) mass is 446 g/mol. The summed E-state index contributed by atoms with van der Waals surface area (Å²) in [5.74, 6) is 4.82. The minimum atomic E-state index is -0.105. The van der Waals surface area contributed by atoms with Crippen LogP contribution in [-0.2, 0) is 4.79 Å². The topological polar surface area (TPSA) is 40.6 Å². The van der Waals surface area contributed by atoms with E-state index in [0.717, 1.165) is 18.6 Å². The molecule has 1 rings (SSSR count). The van der Waals surface area contributed by atoms with Gasteiger partial charge in [0.2, 0.25) is 5.91 Å². The molecule has 0 aliphatic carbocycles. The van der Waals surface area contributed by atoms with Gasteiger partial charge in [-0.3, -0.25) is 9.69 Å². The Balaban J connectivity index is 0.00000379. The molecule has 0 aromatic heterocycles. The molecule has 1 aliphatic rings. The lowest BCUT2D eigenvalue weighted by molar-refractivity contribution is -0.131. The Labute approximate surface area is 189 Å². The SMILES string of the molecule is CC.CCN1CCC(=O)N(CCC(C)(C)CCSCCSCCC(C)(C)C)C1=O. The molecule has 172 valence electrons. The second-order valence-corrected chi connectivity index (χ2v) is 11.8. The standard InChI is InChI=1S/C21H40N2O2S2.C2H6/c1-7-22-12-8-18(24)23(19(22)25)13-9-21(5,6)11-15-27-17-16-26-14-10-20(2,3)4;1-2/h7-17H2,1-6H3;1-2H3. The maximum Gasteiger partial charge on any atom is 0.326 e. The van der Waals surface area contributed by atoms with E-state index in [0.29, 0.717) is 31.5 Å². The molecule has 29 heavy (non-hydrogen) atoms. The van der Waals surface area contributed by atoms with Gasteiger partial charge in [-0.15, -0.1) is 0 Å². The molecule has 0 aromatic rings. The molecular formula is C23H46N2O2S2. The highest BCUT2D eigenvalue weighted by Crippen LogP contribution is 2.28. The number of rotatable bonds is 12. The van der Waals surface area contributed by atoms with Crippen LogP contribution in [0.2, 0.25) is 0 Å². The van der Waals surface area contributed by atoms with Crippen LogP contribution in [0.3, 0.4) is 0 Å². The van der Waals surface area contributed by atoms with Crippen LogP contribution >= 0.6 is 23.5 Å². The number of hydrogen-bond donors (Lipinski definition) is 0. The van der Waals surface area contributed by atoms with Crippen molar-refractivity contribution in [1.29, 1.82) is 0 Å². The number of thioether (sulfide) groups is 2. The minimum Gasteiger partial charge on any atom is -0.324 e. The number of carbonyl (C=O) groups excluding carboxylic acids is 2. The van der Waals surface area contributed by atoms with Crippen LogP contribution in [0.1, 0.15) is 81.1 Å². The Morgan fingerprint density at radius 3 is 1.93 bits per heavy atom. The zero-order valence-corrected chi connectivity index (χ0v) is 21.9. The van der Waals surface area contributed by atoms with Gasteiger partial charge in [-0.2, -0.15) is 23.5 Å². The van der Waals surface area contributed by atoms with E-state index in [4.69, 9.17) is 0 Å². The molecule has 1 fully saturated rings. The van der Waals surface area contributed by atoms with E-state index in [2.05, 4.69) is 46.4 Å². The number of hydrogen-bond acceptors (Lipinski definition) is 4. The lowest BCUT2D eigenvalue weighted by atomic mass is 9.86. The zero-order chi connectivity index (χ0) is 22.5. The number of carbonyl (C=O) groups is 2. The van der Waals surface area contributed by atoms with E-state index in [1.165, 1.54) is 28.6 Å². The van der Waals surface area contributed by atoms with Crippen molar-refractivity contribution in [3.63, 3.8) is 0 Å². The summed E-state index contributed by atoms with van der Waals surface area (Å²) in [5.41, 5.74) is 0.594. The highest BCUT2D eigenvalue weighted by Gasteiger charge is 2.32. The Morgan fingerprint density at radius 1 is 0.862 bits per heavy atom. The average Bonchev–Trinajstić information content (AvgIpc) is 2.64. The van der Waals surface area contributed by atoms with Gasteiger partial charge in [0.1, 0.15) is 0 Å². The molecule has 0 atom stereocenters. The smallest absolute Gasteiger partial charge is 0.324 e. The quantitative estimate of drug-likeness (QED) is 0.325. The summed E-state index contributed by atoms with van der Waals surface area (Å²) in [6, 6.07) is -0.105. The van der Waals surface area contributed by atoms with Crippen molar-refractivity contribution in [3.8, 4) is 0 Å². The second kappa shape index (κ2) is 14.6. The molecule has 1 saturated heterocycles. The van der Waals surface area contributed by atoms with Gasteiger partial charge in [0.05, 0.1) is 0 Å². The van der Waals surface area contributed by atoms with Gasteiger partial charge in [-0.1, -0.05) is 48.5 Å². The first kappa shape index (κ1) is 28.6. The first-order valence-corrected chi connectivity index (χ1v) is 13.6. The molecule has 0 spiro atoms. The van der Waals surface area contributed by atoms with Crippen molar-refractivity contribution in [2.75, 3.05) is 42.6 Å². The molecule has 0 radical (unpaired) electrons. The minimum absolute atomic E-state index is 0.0119. The lowest BCUT2D eigenvalue weighted by Gasteiger charge is -2.35. The highest BCUT2D eigenvalue weighted by molar-refractivity contribution is 8.02. The largest absolute Gasteiger partial charge is 0.326 e. The summed E-state index contributed by atoms with van der Waals surface area (Å²) in [4.78, 5) is 27.7. The zero-order valence-electron chi connectivity index (χ0n) is 20.3. The van der Waals surface area contributed by atoms with Gasteiger partial charge in [0.15, 0.2) is 0 Å². The van der Waals surface area contributed by atoms with Crippen molar-refractivity contribution in [2.45, 2.75) is 81.1 Å². The van der Waals surface area contributed by atoms with E-state index in [-0.39, 0.29) is 17.4 Å². The number of amides is 3. The fourth-order valence-corrected chi connectivity index (χ4v) is 5.65. The molecule has 0 saturated carbocycles. The first-order valence-electron chi connectivity index (χ1n) is 11.3. The molecule has 3 amide bonds. The molecule has 0 unspecified atom stereocenters. The van der Waals surface area contributed by atoms with Crippen LogP contribution in [0.5, 0.6) is 0 Å². The number of imide groups is 1. The maximum absolute atomic E-state index is 12.4. The van der Waals surface area contributed by atoms with Gasteiger partial charge in [0, 0.05) is 37.6 Å². The second-order valence-electron chi connectivity index (χ2n) is 9.36. The van der Waals surface area contributed by atoms with Crippen LogP contribution < -0.4 is 0 Å². The lowest BCUT2D eigenvalue weighted by Crippen LogP contribution is -2.52. The van der Waals surface area contributed by atoms with E-state index in [1.807, 2.05) is 32.5 Å². The molecule has 1 heterocycles. The van der Waals surface area contributed by atoms with Crippen molar-refractivity contribution in [3.05, 3.63) is 0 Å². The van der Waals surface area contributed by atoms with Crippen LogP contribution in [-0.4, -0.2) is 64.4 Å². The maximum atomic E-state index is 12.4. The predicted octanol–water partition coefficient (Wildman–Crippen LogP) is 6.40. The fraction of sp³-hybridized carbons (Fsp3) is 0.913. The van der Waals surface area contributed by atoms with Crippen LogP contribution in [0.15, 0.2) is 0 Å². The van der Waals surface area contributed by atoms with E-state index in [9.17, 15) is 9.59 Å². The van der Waals surface area contributed by atoms with Crippen LogP contribution in [0, 0.1) is 10.8 Å². The average molecular weight is 447 g/mol. The van der Waals surface area contributed by atoms with Crippen molar-refractivity contribution < 1.29 is 9.59 Å². The summed E-state index contributed by atoms with van der Waals surface area (Å²) < 4.78 is 0. The third kappa shape index (κ3) is 12.8. The third-order valence-electron chi connectivity index (χ3n) is 5.08. The number of urea groups is 1. The number of nitrogens with zero attached hydrogens (tertiary/aromatic N) is 2. The molecule has 6 heteroatoms. The predicted molar refractivity (Wildman–Crippen MR) is 132 cm³/mol. The van der Waals surface area contributed by atoms with Crippen molar-refractivity contribution >= 4 is 35.5 Å². The summed E-state index contributed by atoms with van der Waals surface area (Å²) in [6.45, 7) is 19.2. The van der Waals surface area contributed by atoms with Gasteiger partial charge < -0.3 is 4.90 Å². The van der Waals surface area contributed by atoms with Crippen molar-refractivity contribution in [2.24, 2.45) is 10.8 Å². The normalized spacial score (nSPS) is 15.4. The van der Waals surface area contributed by atoms with Crippen molar-refractivity contribution in [1.82, 2.24) is 9.80 Å². The van der Waals surface area contributed by atoms with Crippen LogP contribution in [0.4, 0.5) is 4.79 Å². The van der Waals surface area contributed by atoms with E-state index in [1.54, 1.807) is 4.90 Å². The van der Waals surface area contributed by atoms with Gasteiger partial charge in [-0.05, 0) is 48.5 Å². The highest BCUT2D eigenvalue weighted by atomic mass is 32.2. The van der Waals surface area contributed by atoms with Crippen LogP contribution in [0.25, 0.3) is 0 Å². The Morgan fingerprint density at radius 2 is 1.41 bits per heavy atom. The van der Waals surface area contributed by atoms with E-state index >= 15 is 0 Å². The van der Waals surface area contributed by atoms with Gasteiger partial charge >= 0.3 is 6.03 Å². The molecular weight excluding hydrogens is 400 g/mol. The Bertz CT molecular complexity index is 476. The Hall–Kier alpha value is -0.360. The summed E-state index contributed by atoms with van der Waals surface area (Å²) in [6.07, 6.45) is 3.74. The Kier molecular flexibility index (Phi) is 14.4. The summed E-state index contributed by atoms with van der Waals surface area (Å²) >= 11 is 4.09. The first-order chi connectivity index (χ1) is 13.6. The summed E-state index contributed by atoms with van der Waals surface area (Å²) in [7, 11) is 0.